The van der Waals surface area contributed by atoms with Crippen molar-refractivity contribution in [1.82, 2.24) is 0 Å². The Hall–Kier alpha value is -1.65. The molecular weight excluding hydrogens is 368 g/mol. The van der Waals surface area contributed by atoms with E-state index < -0.39 is 27.5 Å². The summed E-state index contributed by atoms with van der Waals surface area (Å²) in [6.45, 7) is 12.6. The van der Waals surface area contributed by atoms with Gasteiger partial charge in [-0.25, -0.2) is 0 Å². The largest absolute Gasteiger partial charge is 0.455 e. The molecule has 0 rings (SSSR count). The quantitative estimate of drug-likeness (QED) is 0.380. The van der Waals surface area contributed by atoms with Gasteiger partial charge >= 0.3 is 0 Å². The van der Waals surface area contributed by atoms with Gasteiger partial charge in [0.1, 0.15) is 10.8 Å². The van der Waals surface area contributed by atoms with E-state index in [-0.39, 0.29) is 0 Å². The average Bonchev–Trinajstić information content (AvgIpc) is 2.62. The fourth-order valence-electron chi connectivity index (χ4n) is 3.43. The van der Waals surface area contributed by atoms with Crippen molar-refractivity contribution in [2.45, 2.75) is 90.6 Å². The lowest BCUT2D eigenvalue weighted by atomic mass is 9.84. The molecule has 0 aromatic heterocycles. The molecule has 0 unspecified atom stereocenters. The number of rotatable bonds is 12. The molecule has 0 bridgehead atoms. The molecule has 0 amide bonds. The van der Waals surface area contributed by atoms with Crippen LogP contribution in [0.2, 0.25) is 38.3 Å². The van der Waals surface area contributed by atoms with Crippen molar-refractivity contribution in [3.63, 3.8) is 0 Å². The van der Waals surface area contributed by atoms with Gasteiger partial charge in [0, 0.05) is 0 Å². The van der Waals surface area contributed by atoms with Gasteiger partial charge in [-0.15, -0.1) is 0 Å². The van der Waals surface area contributed by atoms with Gasteiger partial charge in [-0.1, -0.05) is 26.7 Å². The summed E-state index contributed by atoms with van der Waals surface area (Å²) in [5, 5.41) is 37.1. The lowest BCUT2D eigenvalue weighted by Gasteiger charge is -2.35. The van der Waals surface area contributed by atoms with Crippen molar-refractivity contribution in [3.05, 3.63) is 0 Å². The number of hydrogen-bond acceptors (Lipinski definition) is 5. The van der Waals surface area contributed by atoms with Crippen molar-refractivity contribution in [2.75, 3.05) is 0 Å². The zero-order chi connectivity index (χ0) is 21.2. The molecule has 0 aromatic carbocycles. The Kier molecular flexibility index (Phi) is 9.98. The zero-order valence-corrected chi connectivity index (χ0v) is 19.9. The molecule has 0 aliphatic rings. The van der Waals surface area contributed by atoms with Crippen LogP contribution in [0.5, 0.6) is 0 Å². The van der Waals surface area contributed by atoms with Gasteiger partial charge in [-0.3, -0.25) is 0 Å². The summed E-state index contributed by atoms with van der Waals surface area (Å²) in [5.74, 6) is 0. The minimum Gasteiger partial charge on any atom is -0.455 e. The maximum atomic E-state index is 9.28. The Morgan fingerprint density at radius 1 is 0.667 bits per heavy atom. The summed E-state index contributed by atoms with van der Waals surface area (Å²) in [7, 11) is -3.77. The SMILES string of the molecule is CCC(C#N)(C#N)CCC[Si](C)(C)O[Si](C)(C)CCCC(C#N)(C#N)CC. The van der Waals surface area contributed by atoms with E-state index in [1.54, 1.807) is 0 Å². The van der Waals surface area contributed by atoms with Crippen LogP contribution in [0.1, 0.15) is 52.4 Å². The predicted molar refractivity (Wildman–Crippen MR) is 112 cm³/mol. The van der Waals surface area contributed by atoms with E-state index in [2.05, 4.69) is 50.5 Å². The number of hydrogen-bond donors (Lipinski definition) is 0. The highest BCUT2D eigenvalue weighted by molar-refractivity contribution is 6.84. The van der Waals surface area contributed by atoms with Gasteiger partial charge in [0.2, 0.25) is 0 Å². The third-order valence-corrected chi connectivity index (χ3v) is 12.9. The van der Waals surface area contributed by atoms with E-state index in [0.29, 0.717) is 25.7 Å². The first-order valence-corrected chi connectivity index (χ1v) is 16.1. The van der Waals surface area contributed by atoms with E-state index in [1.807, 2.05) is 13.8 Å². The normalized spacial score (nSPS) is 12.5. The fourth-order valence-corrected chi connectivity index (χ4v) is 12.3. The van der Waals surface area contributed by atoms with Crippen molar-refractivity contribution < 1.29 is 4.12 Å². The molecule has 0 atom stereocenters. The Bertz CT molecular complexity index is 563. The zero-order valence-electron chi connectivity index (χ0n) is 17.9. The highest BCUT2D eigenvalue weighted by Crippen LogP contribution is 2.32. The Labute approximate surface area is 167 Å². The van der Waals surface area contributed by atoms with E-state index in [9.17, 15) is 21.0 Å². The third kappa shape index (κ3) is 8.27. The lowest BCUT2D eigenvalue weighted by Crippen LogP contribution is -2.44. The smallest absolute Gasteiger partial charge is 0.173 e. The highest BCUT2D eigenvalue weighted by atomic mass is 28.4. The summed E-state index contributed by atoms with van der Waals surface area (Å²) < 4.78 is 6.60. The molecule has 0 N–H and O–H groups in total. The molecule has 0 aliphatic carbocycles. The lowest BCUT2D eigenvalue weighted by molar-refractivity contribution is 0.438. The standard InChI is InChI=1S/C20H34N4OSi2/c1-7-19(15-21,16-22)11-9-13-26(3,4)25-27(5,6)14-10-12-20(8-2,17-23)18-24/h7-14H2,1-6H3. The van der Waals surface area contributed by atoms with Gasteiger partial charge in [-0.2, -0.15) is 21.0 Å². The average molecular weight is 403 g/mol. The molecule has 0 aliphatic heterocycles. The summed E-state index contributed by atoms with van der Waals surface area (Å²) >= 11 is 0. The minimum absolute atomic E-state index is 0.556. The van der Waals surface area contributed by atoms with E-state index in [0.717, 1.165) is 24.9 Å². The Morgan fingerprint density at radius 3 is 1.19 bits per heavy atom. The van der Waals surface area contributed by atoms with Crippen LogP contribution in [-0.4, -0.2) is 16.6 Å². The topological polar surface area (TPSA) is 104 Å². The van der Waals surface area contributed by atoms with Crippen LogP contribution in [0, 0.1) is 56.2 Å². The highest BCUT2D eigenvalue weighted by Gasteiger charge is 2.35. The second kappa shape index (κ2) is 10.6. The third-order valence-electron chi connectivity index (χ3n) is 5.38. The van der Waals surface area contributed by atoms with Crippen LogP contribution in [0.15, 0.2) is 0 Å². The summed E-state index contributed by atoms with van der Waals surface area (Å²) in [6, 6.07) is 10.6. The van der Waals surface area contributed by atoms with Crippen LogP contribution in [-0.2, 0) is 4.12 Å². The van der Waals surface area contributed by atoms with Crippen LogP contribution in [0.4, 0.5) is 0 Å². The Balaban J connectivity index is 4.66. The Morgan fingerprint density at radius 2 is 0.963 bits per heavy atom. The fraction of sp³-hybridized carbons (Fsp3) is 0.800. The molecule has 0 heterocycles. The monoisotopic (exact) mass is 402 g/mol. The molecule has 0 saturated carbocycles. The molecule has 0 radical (unpaired) electrons. The predicted octanol–water partition coefficient (Wildman–Crippen LogP) is 5.86. The van der Waals surface area contributed by atoms with Crippen LogP contribution >= 0.6 is 0 Å². The first-order valence-electron chi connectivity index (χ1n) is 9.84. The number of nitrogens with zero attached hydrogens (tertiary/aromatic N) is 4. The van der Waals surface area contributed by atoms with Gasteiger partial charge in [-0.05, 0) is 64.0 Å². The first kappa shape index (κ1) is 25.4. The van der Waals surface area contributed by atoms with Crippen LogP contribution < -0.4 is 0 Å². The van der Waals surface area contributed by atoms with Crippen LogP contribution in [0.25, 0.3) is 0 Å². The summed E-state index contributed by atoms with van der Waals surface area (Å²) in [6.07, 6.45) is 3.98. The van der Waals surface area contributed by atoms with E-state index in [1.165, 1.54) is 0 Å². The molecule has 7 heteroatoms. The van der Waals surface area contributed by atoms with Crippen molar-refractivity contribution in [3.8, 4) is 24.3 Å². The van der Waals surface area contributed by atoms with E-state index in [4.69, 9.17) is 4.12 Å². The van der Waals surface area contributed by atoms with Crippen molar-refractivity contribution in [2.24, 2.45) is 10.8 Å². The van der Waals surface area contributed by atoms with Crippen molar-refractivity contribution in [1.29, 1.82) is 21.0 Å². The molecule has 0 fully saturated rings. The minimum atomic E-state index is -1.88. The molecule has 0 saturated heterocycles. The first-order chi connectivity index (χ1) is 12.5. The molecule has 148 valence electrons. The van der Waals surface area contributed by atoms with E-state index >= 15 is 0 Å². The second-order valence-electron chi connectivity index (χ2n) is 8.65. The van der Waals surface area contributed by atoms with Crippen molar-refractivity contribution >= 4 is 16.6 Å². The molecule has 0 spiro atoms. The molecule has 5 nitrogen and oxygen atoms in total. The maximum Gasteiger partial charge on any atom is 0.173 e. The summed E-state index contributed by atoms with van der Waals surface area (Å²) in [4.78, 5) is 0. The summed E-state index contributed by atoms with van der Waals surface area (Å²) in [5.41, 5.74) is -1.73. The van der Waals surface area contributed by atoms with Gasteiger partial charge in [0.05, 0.1) is 24.3 Å². The molecule has 27 heavy (non-hydrogen) atoms. The maximum absolute atomic E-state index is 9.28. The number of nitriles is 4. The van der Waals surface area contributed by atoms with Gasteiger partial charge in [0.15, 0.2) is 16.6 Å². The molecular formula is C20H34N4OSi2. The molecule has 0 aromatic rings. The van der Waals surface area contributed by atoms with Gasteiger partial charge < -0.3 is 4.12 Å². The van der Waals surface area contributed by atoms with Crippen LogP contribution in [0.3, 0.4) is 0 Å². The second-order valence-corrected chi connectivity index (χ2v) is 17.5. The van der Waals surface area contributed by atoms with Gasteiger partial charge in [0.25, 0.3) is 0 Å².